The molecule has 21 aliphatic heterocycles. The number of thioether (sulfide) groups is 2. The summed E-state index contributed by atoms with van der Waals surface area (Å²) in [6, 6.07) is 0. The van der Waals surface area contributed by atoms with Crippen LogP contribution in [0.4, 0.5) is 0 Å². The summed E-state index contributed by atoms with van der Waals surface area (Å²) >= 11 is 2.32. The third kappa shape index (κ3) is 14.6. The van der Waals surface area contributed by atoms with Crippen molar-refractivity contribution in [3.05, 3.63) is 0 Å². The zero-order valence-corrected chi connectivity index (χ0v) is 45.8. The van der Waals surface area contributed by atoms with Crippen molar-refractivity contribution in [2.75, 3.05) is 69.1 Å². The predicted octanol–water partition coefficient (Wildman–Crippen LogP) is -13.8. The van der Waals surface area contributed by atoms with E-state index >= 15 is 0 Å². The lowest BCUT2D eigenvalue weighted by atomic mass is 9.95. The molecule has 0 saturated carbocycles. The first-order valence-corrected chi connectivity index (χ1v) is 29.3. The van der Waals surface area contributed by atoms with Crippen molar-refractivity contribution in [3.8, 4) is 0 Å². The number of ether oxygens (including phenoxy) is 14. The van der Waals surface area contributed by atoms with Crippen LogP contribution in [0, 0.1) is 0 Å². The number of aliphatic hydroxyl groups is 19. The van der Waals surface area contributed by atoms with Crippen molar-refractivity contribution in [3.63, 3.8) is 0 Å². The van der Waals surface area contributed by atoms with E-state index in [1.807, 2.05) is 0 Å². The summed E-state index contributed by atoms with van der Waals surface area (Å²) in [5.74, 6) is 0.400. The highest BCUT2D eigenvalue weighted by Crippen LogP contribution is 2.39. The molecule has 0 aromatic heterocycles. The van der Waals surface area contributed by atoms with Crippen LogP contribution in [0.3, 0.4) is 0 Å². The van der Waals surface area contributed by atoms with Crippen molar-refractivity contribution in [2.45, 2.75) is 215 Å². The fourth-order valence-corrected chi connectivity index (χ4v) is 12.6. The van der Waals surface area contributed by atoms with Crippen LogP contribution in [-0.4, -0.2) is 381 Å². The molecule has 14 unspecified atom stereocenters. The van der Waals surface area contributed by atoms with Gasteiger partial charge in [-0.1, -0.05) is 0 Å². The smallest absolute Gasteiger partial charge is 0.187 e. The van der Waals surface area contributed by atoms with E-state index in [0.717, 1.165) is 23.5 Å². The van der Waals surface area contributed by atoms with E-state index in [9.17, 15) is 97.0 Å². The minimum atomic E-state index is -2.18. The van der Waals surface area contributed by atoms with Gasteiger partial charge in [0, 0.05) is 36.1 Å². The molecule has 21 aliphatic rings. The summed E-state index contributed by atoms with van der Waals surface area (Å²) in [7, 11) is 0. The van der Waals surface area contributed by atoms with Crippen molar-refractivity contribution >= 4 is 23.5 Å². The van der Waals surface area contributed by atoms with Gasteiger partial charge in [-0.2, -0.15) is 23.5 Å². The van der Waals surface area contributed by atoms with Gasteiger partial charge in [0.15, 0.2) is 44.0 Å². The summed E-state index contributed by atoms with van der Waals surface area (Å²) in [6.07, 6.45) is -67.3. The molecule has 21 saturated heterocycles. The van der Waals surface area contributed by atoms with Crippen molar-refractivity contribution < 1.29 is 163 Å². The van der Waals surface area contributed by atoms with Gasteiger partial charge in [0.05, 0.1) is 45.2 Å². The molecule has 14 bridgehead atoms. The first-order valence-electron chi connectivity index (χ1n) is 27.0. The molecular formula is C46H80N2O33S2. The summed E-state index contributed by atoms with van der Waals surface area (Å²) in [5, 5.41) is 213. The van der Waals surface area contributed by atoms with E-state index in [0.29, 0.717) is 11.5 Å². The molecular weight excluding hydrogens is 1170 g/mol. The molecule has 0 aromatic rings. The lowest BCUT2D eigenvalue weighted by Crippen LogP contribution is -2.68. The first-order chi connectivity index (χ1) is 39.7. The third-order valence-electron chi connectivity index (χ3n) is 15.5. The summed E-state index contributed by atoms with van der Waals surface area (Å²) in [4.78, 5) is 0. The highest BCUT2D eigenvalue weighted by atomic mass is 32.2. The second kappa shape index (κ2) is 30.4. The second-order valence-corrected chi connectivity index (χ2v) is 23.3. The van der Waals surface area contributed by atoms with Crippen molar-refractivity contribution in [1.82, 2.24) is 0 Å². The van der Waals surface area contributed by atoms with E-state index in [2.05, 4.69) is 0 Å². The maximum absolute atomic E-state index is 11.7. The maximum atomic E-state index is 11.7. The number of hydrogen-bond acceptors (Lipinski definition) is 37. The molecule has 83 heavy (non-hydrogen) atoms. The van der Waals surface area contributed by atoms with E-state index in [1.165, 1.54) is 0 Å². The molecule has 35 atom stereocenters. The van der Waals surface area contributed by atoms with Gasteiger partial charge in [0.2, 0.25) is 0 Å². The zero-order valence-electron chi connectivity index (χ0n) is 44.2. The molecule has 0 aliphatic carbocycles. The maximum Gasteiger partial charge on any atom is 0.187 e. The van der Waals surface area contributed by atoms with E-state index < -0.39 is 248 Å². The molecule has 0 radical (unpaired) electrons. The molecule has 21 rings (SSSR count). The minimum absolute atomic E-state index is 0.0987. The van der Waals surface area contributed by atoms with Crippen molar-refractivity contribution in [2.24, 2.45) is 11.5 Å². The Kier molecular flexibility index (Phi) is 25.0. The van der Waals surface area contributed by atoms with Gasteiger partial charge < -0.3 is 175 Å². The van der Waals surface area contributed by atoms with Crippen LogP contribution >= 0.6 is 23.5 Å². The zero-order chi connectivity index (χ0) is 60.3. The Balaban J connectivity index is 1.10. The van der Waals surface area contributed by atoms with Crippen LogP contribution in [-0.2, 0) is 66.3 Å². The van der Waals surface area contributed by atoms with Gasteiger partial charge in [-0.25, -0.2) is 0 Å². The van der Waals surface area contributed by atoms with Crippen LogP contribution < -0.4 is 11.5 Å². The van der Waals surface area contributed by atoms with E-state index in [-0.39, 0.29) is 24.6 Å². The minimum Gasteiger partial charge on any atom is -0.394 e. The van der Waals surface area contributed by atoms with Gasteiger partial charge >= 0.3 is 0 Å². The number of nitrogens with two attached hydrogens (primary N) is 2. The summed E-state index contributed by atoms with van der Waals surface area (Å²) in [6.45, 7) is -4.73. The number of hydrogen-bond donors (Lipinski definition) is 21. The molecule has 0 aromatic carbocycles. The van der Waals surface area contributed by atoms with E-state index in [4.69, 9.17) is 77.8 Å². The fraction of sp³-hybridized carbons (Fsp3) is 1.00. The number of aliphatic hydroxyl groups excluding tert-OH is 19. The molecule has 35 nitrogen and oxygen atoms in total. The Labute approximate surface area is 481 Å². The van der Waals surface area contributed by atoms with Crippen molar-refractivity contribution in [1.29, 1.82) is 0 Å². The van der Waals surface area contributed by atoms with Crippen LogP contribution in [0.2, 0.25) is 0 Å². The van der Waals surface area contributed by atoms with Crippen LogP contribution in [0.1, 0.15) is 0 Å². The van der Waals surface area contributed by atoms with Gasteiger partial charge in [0.1, 0.15) is 159 Å². The monoisotopic (exact) mass is 1250 g/mol. The van der Waals surface area contributed by atoms with Gasteiger partial charge in [-0.3, -0.25) is 0 Å². The largest absolute Gasteiger partial charge is 0.394 e. The van der Waals surface area contributed by atoms with Gasteiger partial charge in [0.25, 0.3) is 0 Å². The SMILES string of the molecule is NCCSCC1O[C@@H]2O[C@@H]3C(CO)O[C@@H](O[C@@H]4C(CO)O[C@@H](O[C@@H]5C(CSCCN)O[C@@H](O[C@@H]6C(CO)O[C@H](O[C@@H]7C(CO)O[C@H](O[C@@H]8C(CO)O[C@@H](O[C@H]1[C@H](O)C2O)C(O)[C@H]8O)C(O)[C@H]7O)C(O)[C@H]6O)C(O)[C@H]5O)C(O)[C@H]4O)C(O)[C@H]3O. The standard InChI is InChI=1S/C46H80N2O33S2/c47-1-3-82-10-17-38-25(60)32(67)46(74-17)79-37-16(9-53)70-42(28(63)21(37)56)77-35-14(7-51)72-44(30(65)23(35)58)81-39-18(11-83-4-2-48)73-45(31(66)24(39)59)78-36-15(8-52)69-41(27(62)20(36)55)75-33-12(5-49)68-40(26(61)19(33)54)76-34-13(6-50)71-43(80-38)29(64)22(34)57/h12-46,49-67H,1-11,47-48H2/t12?,13?,14?,15?,16?,17?,18?,19-,20-,21-,22-,23-,24-,25-,26?,27?,28?,29?,30?,31?,32?,33-,34-,35-,36-,37-,38-,39-,40-,41-,42+,43+,44+,45+,46-/m1/s1. The Hall–Kier alpha value is -0.700. The van der Waals surface area contributed by atoms with Crippen LogP contribution in [0.25, 0.3) is 0 Å². The Bertz CT molecular complexity index is 1940. The molecule has 0 spiro atoms. The third-order valence-corrected chi connectivity index (χ3v) is 17.7. The van der Waals surface area contributed by atoms with E-state index in [1.54, 1.807) is 0 Å². The predicted molar refractivity (Wildman–Crippen MR) is 267 cm³/mol. The Morgan fingerprint density at radius 2 is 0.386 bits per heavy atom. The normalized spacial score (nSPS) is 52.2. The van der Waals surface area contributed by atoms with Gasteiger partial charge in [-0.05, 0) is 0 Å². The first kappa shape index (κ1) is 68.2. The average Bonchev–Trinajstić information content (AvgIpc) is 3.51. The molecule has 37 heteroatoms. The Morgan fingerprint density at radius 1 is 0.229 bits per heavy atom. The highest BCUT2D eigenvalue weighted by molar-refractivity contribution is 7.99. The quantitative estimate of drug-likeness (QED) is 0.0762. The van der Waals surface area contributed by atoms with Gasteiger partial charge in [-0.15, -0.1) is 0 Å². The Morgan fingerprint density at radius 3 is 0.542 bits per heavy atom. The summed E-state index contributed by atoms with van der Waals surface area (Å²) < 4.78 is 82.2. The molecule has 0 amide bonds. The highest BCUT2D eigenvalue weighted by Gasteiger charge is 2.59. The topological polar surface area (TPSA) is 566 Å². The molecule has 21 heterocycles. The van der Waals surface area contributed by atoms with Crippen LogP contribution in [0.15, 0.2) is 0 Å². The average molecular weight is 1250 g/mol. The van der Waals surface area contributed by atoms with Crippen LogP contribution in [0.5, 0.6) is 0 Å². The lowest BCUT2D eigenvalue weighted by Gasteiger charge is -2.50. The molecule has 23 N–H and O–H groups in total. The fourth-order valence-electron chi connectivity index (χ4n) is 11.0. The molecule has 21 fully saturated rings. The lowest BCUT2D eigenvalue weighted by molar-refractivity contribution is -0.395. The second-order valence-electron chi connectivity index (χ2n) is 21.0. The molecule has 484 valence electrons. The number of rotatable bonds is 13. The summed E-state index contributed by atoms with van der Waals surface area (Å²) in [5.41, 5.74) is 11.4.